The Morgan fingerprint density at radius 2 is 1.68 bits per heavy atom. The molecule has 1 aromatic carbocycles. The minimum atomic E-state index is 0.148. The van der Waals surface area contributed by atoms with Crippen molar-refractivity contribution in [2.75, 3.05) is 0 Å². The van der Waals surface area contributed by atoms with Gasteiger partial charge in [-0.3, -0.25) is 4.79 Å². The van der Waals surface area contributed by atoms with Gasteiger partial charge in [-0.25, -0.2) is 0 Å². The summed E-state index contributed by atoms with van der Waals surface area (Å²) in [6.45, 7) is 8.64. The molecule has 0 radical (unpaired) electrons. The van der Waals surface area contributed by atoms with Gasteiger partial charge < -0.3 is 4.57 Å². The molecule has 0 atom stereocenters. The lowest BCUT2D eigenvalue weighted by Gasteiger charge is -2.08. The molecule has 0 saturated heterocycles. The first-order chi connectivity index (χ1) is 9.02. The second-order valence-corrected chi connectivity index (χ2v) is 5.13. The maximum Gasteiger partial charge on any atom is 0.161 e. The number of carbonyl (C=O) groups excluding carboxylic acids is 1. The maximum absolute atomic E-state index is 11.6. The van der Waals surface area contributed by atoms with Crippen molar-refractivity contribution < 1.29 is 4.79 Å². The fourth-order valence-corrected chi connectivity index (χ4v) is 2.60. The topological polar surface area (TPSA) is 22.0 Å². The van der Waals surface area contributed by atoms with Crippen LogP contribution >= 0.6 is 0 Å². The van der Waals surface area contributed by atoms with Gasteiger partial charge in [0.1, 0.15) is 0 Å². The Morgan fingerprint density at radius 3 is 2.16 bits per heavy atom. The summed E-state index contributed by atoms with van der Waals surface area (Å²) >= 11 is 0. The highest BCUT2D eigenvalue weighted by Crippen LogP contribution is 2.18. The van der Waals surface area contributed by atoms with Crippen molar-refractivity contribution in [1.82, 2.24) is 4.57 Å². The van der Waals surface area contributed by atoms with Gasteiger partial charge in [0.15, 0.2) is 5.78 Å². The Morgan fingerprint density at radius 1 is 1.11 bits per heavy atom. The lowest BCUT2D eigenvalue weighted by molar-refractivity contribution is 0.101. The molecule has 0 bridgehead atoms. The van der Waals surface area contributed by atoms with Crippen molar-refractivity contribution in [3.8, 4) is 0 Å². The average molecular weight is 255 g/mol. The quantitative estimate of drug-likeness (QED) is 0.759. The van der Waals surface area contributed by atoms with Crippen LogP contribution < -0.4 is 0 Å². The van der Waals surface area contributed by atoms with E-state index in [0.29, 0.717) is 0 Å². The molecule has 0 aliphatic rings. The highest BCUT2D eigenvalue weighted by atomic mass is 16.1. The SMILES string of the molecule is CCc1ccc(Cn2cc(C)c(C(C)=O)c2C)cc1. The summed E-state index contributed by atoms with van der Waals surface area (Å²) in [5.74, 6) is 0.148. The first-order valence-electron chi connectivity index (χ1n) is 6.78. The van der Waals surface area contributed by atoms with Crippen LogP contribution in [0.25, 0.3) is 0 Å². The molecule has 0 unspecified atom stereocenters. The summed E-state index contributed by atoms with van der Waals surface area (Å²) in [4.78, 5) is 11.6. The summed E-state index contributed by atoms with van der Waals surface area (Å²) < 4.78 is 2.16. The fourth-order valence-electron chi connectivity index (χ4n) is 2.60. The Balaban J connectivity index is 2.28. The smallest absolute Gasteiger partial charge is 0.161 e. The van der Waals surface area contributed by atoms with Crippen molar-refractivity contribution in [2.24, 2.45) is 0 Å². The molecule has 0 aliphatic carbocycles. The van der Waals surface area contributed by atoms with E-state index < -0.39 is 0 Å². The molecule has 0 spiro atoms. The Kier molecular flexibility index (Phi) is 3.89. The number of benzene rings is 1. The van der Waals surface area contributed by atoms with Crippen LogP contribution in [0.3, 0.4) is 0 Å². The molecule has 19 heavy (non-hydrogen) atoms. The van der Waals surface area contributed by atoms with Gasteiger partial charge in [0.25, 0.3) is 0 Å². The van der Waals surface area contributed by atoms with Crippen LogP contribution in [-0.4, -0.2) is 10.4 Å². The molecule has 1 aromatic heterocycles. The van der Waals surface area contributed by atoms with E-state index in [1.54, 1.807) is 6.92 Å². The van der Waals surface area contributed by atoms with Crippen molar-refractivity contribution in [3.05, 3.63) is 58.4 Å². The number of hydrogen-bond donors (Lipinski definition) is 0. The summed E-state index contributed by atoms with van der Waals surface area (Å²) in [6, 6.07) is 8.68. The molecular formula is C17H21NO. The second-order valence-electron chi connectivity index (χ2n) is 5.13. The number of ketones is 1. The van der Waals surface area contributed by atoms with E-state index in [-0.39, 0.29) is 5.78 Å². The van der Waals surface area contributed by atoms with Crippen molar-refractivity contribution >= 4 is 5.78 Å². The standard InChI is InChI=1S/C17H21NO/c1-5-15-6-8-16(9-7-15)11-18-10-12(2)17(13(18)3)14(4)19/h6-10H,5,11H2,1-4H3. The summed E-state index contributed by atoms with van der Waals surface area (Å²) in [5.41, 5.74) is 5.61. The van der Waals surface area contributed by atoms with Gasteiger partial charge >= 0.3 is 0 Å². The van der Waals surface area contributed by atoms with Crippen LogP contribution in [0.15, 0.2) is 30.5 Å². The van der Waals surface area contributed by atoms with E-state index in [0.717, 1.165) is 29.8 Å². The fraction of sp³-hybridized carbons (Fsp3) is 0.353. The van der Waals surface area contributed by atoms with Crippen LogP contribution in [0, 0.1) is 13.8 Å². The molecule has 0 saturated carbocycles. The molecule has 0 N–H and O–H groups in total. The van der Waals surface area contributed by atoms with Crippen LogP contribution in [0.4, 0.5) is 0 Å². The van der Waals surface area contributed by atoms with E-state index in [1.807, 2.05) is 13.8 Å². The summed E-state index contributed by atoms with van der Waals surface area (Å²) in [5, 5.41) is 0. The van der Waals surface area contributed by atoms with Gasteiger partial charge in [-0.2, -0.15) is 0 Å². The molecule has 0 fully saturated rings. The number of aromatic nitrogens is 1. The third kappa shape index (κ3) is 2.78. The molecule has 0 aliphatic heterocycles. The van der Waals surface area contributed by atoms with Crippen molar-refractivity contribution in [2.45, 2.75) is 40.7 Å². The van der Waals surface area contributed by atoms with Gasteiger partial charge in [-0.05, 0) is 43.9 Å². The van der Waals surface area contributed by atoms with Gasteiger partial charge in [-0.1, -0.05) is 31.2 Å². The number of rotatable bonds is 4. The van der Waals surface area contributed by atoms with E-state index in [1.165, 1.54) is 11.1 Å². The van der Waals surface area contributed by atoms with E-state index >= 15 is 0 Å². The van der Waals surface area contributed by atoms with Gasteiger partial charge in [0, 0.05) is 24.0 Å². The summed E-state index contributed by atoms with van der Waals surface area (Å²) in [7, 11) is 0. The zero-order valence-electron chi connectivity index (χ0n) is 12.2. The number of Topliss-reactive ketones (excluding diaryl/α,β-unsaturated/α-hetero) is 1. The number of aryl methyl sites for hydroxylation is 2. The van der Waals surface area contributed by atoms with Crippen LogP contribution in [0.5, 0.6) is 0 Å². The largest absolute Gasteiger partial charge is 0.346 e. The molecule has 0 amide bonds. The van der Waals surface area contributed by atoms with Crippen molar-refractivity contribution in [1.29, 1.82) is 0 Å². The van der Waals surface area contributed by atoms with Gasteiger partial charge in [-0.15, -0.1) is 0 Å². The van der Waals surface area contributed by atoms with Gasteiger partial charge in [0.05, 0.1) is 0 Å². The lowest BCUT2D eigenvalue weighted by atomic mass is 10.1. The lowest BCUT2D eigenvalue weighted by Crippen LogP contribution is -2.03. The predicted molar refractivity (Wildman–Crippen MR) is 78.8 cm³/mol. The third-order valence-corrected chi connectivity index (χ3v) is 3.67. The van der Waals surface area contributed by atoms with Crippen LogP contribution in [-0.2, 0) is 13.0 Å². The predicted octanol–water partition coefficient (Wildman–Crippen LogP) is 3.92. The molecule has 2 rings (SSSR count). The molecule has 2 nitrogen and oxygen atoms in total. The Hall–Kier alpha value is -1.83. The van der Waals surface area contributed by atoms with E-state index in [2.05, 4.69) is 42.0 Å². The van der Waals surface area contributed by atoms with E-state index in [9.17, 15) is 4.79 Å². The zero-order valence-corrected chi connectivity index (χ0v) is 12.2. The molecule has 2 aromatic rings. The highest BCUT2D eigenvalue weighted by Gasteiger charge is 2.13. The molecule has 2 heteroatoms. The molecular weight excluding hydrogens is 234 g/mol. The average Bonchev–Trinajstić information content (AvgIpc) is 2.65. The van der Waals surface area contributed by atoms with Crippen molar-refractivity contribution in [3.63, 3.8) is 0 Å². The highest BCUT2D eigenvalue weighted by molar-refractivity contribution is 5.96. The van der Waals surface area contributed by atoms with Crippen LogP contribution in [0.2, 0.25) is 0 Å². The monoisotopic (exact) mass is 255 g/mol. The maximum atomic E-state index is 11.6. The minimum absolute atomic E-state index is 0.148. The number of hydrogen-bond acceptors (Lipinski definition) is 1. The first kappa shape index (κ1) is 13.6. The Labute approximate surface area is 115 Å². The number of carbonyl (C=O) groups is 1. The molecule has 100 valence electrons. The minimum Gasteiger partial charge on any atom is -0.346 e. The number of nitrogens with zero attached hydrogens (tertiary/aromatic N) is 1. The summed E-state index contributed by atoms with van der Waals surface area (Å²) in [6.07, 6.45) is 3.14. The molecule has 1 heterocycles. The van der Waals surface area contributed by atoms with Gasteiger partial charge in [0.2, 0.25) is 0 Å². The van der Waals surface area contributed by atoms with Crippen LogP contribution in [0.1, 0.15) is 46.6 Å². The van der Waals surface area contributed by atoms with E-state index in [4.69, 9.17) is 0 Å². The zero-order chi connectivity index (χ0) is 14.0. The second kappa shape index (κ2) is 5.43. The first-order valence-corrected chi connectivity index (χ1v) is 6.78. The third-order valence-electron chi connectivity index (χ3n) is 3.67. The Bertz CT molecular complexity index is 590. The normalized spacial score (nSPS) is 10.7.